The molecular formula is C23H34N6O. The van der Waals surface area contributed by atoms with Gasteiger partial charge in [0.1, 0.15) is 5.82 Å². The zero-order chi connectivity index (χ0) is 21.1. The number of likely N-dealkylation sites (N-methyl/N-ethyl adjacent to an activating group) is 1. The number of aryl methyl sites for hydroxylation is 1. The summed E-state index contributed by atoms with van der Waals surface area (Å²) in [5.41, 5.74) is 3.60. The summed E-state index contributed by atoms with van der Waals surface area (Å²) < 4.78 is 5.90. The second-order valence-corrected chi connectivity index (χ2v) is 8.83. The first kappa shape index (κ1) is 21.0. The Morgan fingerprint density at radius 2 is 2.00 bits per heavy atom. The molecule has 7 heteroatoms. The zero-order valence-electron chi connectivity index (χ0n) is 18.7. The molecular weight excluding hydrogens is 376 g/mol. The molecule has 1 atom stereocenters. The third kappa shape index (κ3) is 4.90. The number of pyridine rings is 1. The van der Waals surface area contributed by atoms with Gasteiger partial charge in [-0.3, -0.25) is 9.88 Å². The van der Waals surface area contributed by atoms with E-state index in [0.717, 1.165) is 57.1 Å². The van der Waals surface area contributed by atoms with Crippen molar-refractivity contribution < 1.29 is 4.74 Å². The van der Waals surface area contributed by atoms with Gasteiger partial charge in [0.05, 0.1) is 23.5 Å². The number of fused-ring (bicyclic) bond motifs is 1. The van der Waals surface area contributed by atoms with Crippen molar-refractivity contribution in [3.63, 3.8) is 0 Å². The van der Waals surface area contributed by atoms with Gasteiger partial charge in [-0.15, -0.1) is 0 Å². The maximum absolute atomic E-state index is 5.90. The van der Waals surface area contributed by atoms with Crippen LogP contribution in [0.1, 0.15) is 49.7 Å². The van der Waals surface area contributed by atoms with Crippen LogP contribution < -0.4 is 9.64 Å². The lowest BCUT2D eigenvalue weighted by atomic mass is 9.91. The van der Waals surface area contributed by atoms with Crippen LogP contribution in [0.15, 0.2) is 24.4 Å². The van der Waals surface area contributed by atoms with Crippen LogP contribution in [-0.2, 0) is 13.0 Å². The first-order valence-electron chi connectivity index (χ1n) is 11.1. The molecule has 0 saturated carbocycles. The number of ether oxygens (including phenoxy) is 1. The van der Waals surface area contributed by atoms with Gasteiger partial charge in [-0.2, -0.15) is 9.97 Å². The van der Waals surface area contributed by atoms with Crippen LogP contribution in [0, 0.1) is 0 Å². The van der Waals surface area contributed by atoms with Crippen molar-refractivity contribution in [1.82, 2.24) is 24.8 Å². The van der Waals surface area contributed by atoms with Gasteiger partial charge in [0.25, 0.3) is 0 Å². The molecule has 0 N–H and O–H groups in total. The van der Waals surface area contributed by atoms with Crippen molar-refractivity contribution in [3.05, 3.63) is 41.3 Å². The molecule has 7 nitrogen and oxygen atoms in total. The molecule has 3 heterocycles. The zero-order valence-corrected chi connectivity index (χ0v) is 18.7. The van der Waals surface area contributed by atoms with E-state index in [1.165, 1.54) is 17.7 Å². The Morgan fingerprint density at radius 3 is 2.77 bits per heavy atom. The molecule has 0 spiro atoms. The monoisotopic (exact) mass is 410 g/mol. The number of aromatic nitrogens is 3. The van der Waals surface area contributed by atoms with Crippen LogP contribution in [0.3, 0.4) is 0 Å². The third-order valence-electron chi connectivity index (χ3n) is 6.02. The Morgan fingerprint density at radius 1 is 1.20 bits per heavy atom. The van der Waals surface area contributed by atoms with Crippen LogP contribution in [0.5, 0.6) is 6.01 Å². The fraction of sp³-hybridized carbons (Fsp3) is 0.609. The van der Waals surface area contributed by atoms with Crippen molar-refractivity contribution in [2.24, 2.45) is 0 Å². The molecule has 0 bridgehead atoms. The summed E-state index contributed by atoms with van der Waals surface area (Å²) in [7, 11) is 4.34. The standard InChI is InChI=1S/C23H34N6O/c1-17(2)30-23-25-19(15-21(26-23)29-13-11-27(3)12-14-29)16-28(4)20-9-5-7-18-8-6-10-24-22(18)20/h6,8,10,15,17,20H,5,7,9,11-14,16H2,1-4H3. The summed E-state index contributed by atoms with van der Waals surface area (Å²) in [6, 6.07) is 7.20. The fourth-order valence-corrected chi connectivity index (χ4v) is 4.38. The maximum Gasteiger partial charge on any atom is 0.318 e. The van der Waals surface area contributed by atoms with Gasteiger partial charge in [0, 0.05) is 45.0 Å². The predicted octanol–water partition coefficient (Wildman–Crippen LogP) is 2.92. The van der Waals surface area contributed by atoms with Crippen LogP contribution in [-0.4, -0.2) is 71.1 Å². The van der Waals surface area contributed by atoms with Crippen molar-refractivity contribution in [2.45, 2.75) is 51.8 Å². The Bertz CT molecular complexity index is 849. The lowest BCUT2D eigenvalue weighted by molar-refractivity contribution is 0.200. The highest BCUT2D eigenvalue weighted by molar-refractivity contribution is 5.41. The lowest BCUT2D eigenvalue weighted by Crippen LogP contribution is -2.45. The van der Waals surface area contributed by atoms with Gasteiger partial charge in [-0.1, -0.05) is 6.07 Å². The van der Waals surface area contributed by atoms with E-state index in [1.807, 2.05) is 26.1 Å². The topological polar surface area (TPSA) is 57.6 Å². The van der Waals surface area contributed by atoms with Crippen molar-refractivity contribution in [2.75, 3.05) is 45.2 Å². The molecule has 1 aliphatic carbocycles. The van der Waals surface area contributed by atoms with Gasteiger partial charge in [-0.25, -0.2) is 0 Å². The smallest absolute Gasteiger partial charge is 0.318 e. The van der Waals surface area contributed by atoms with Crippen LogP contribution in [0.4, 0.5) is 5.82 Å². The number of hydrogen-bond donors (Lipinski definition) is 0. The highest BCUT2D eigenvalue weighted by Gasteiger charge is 2.26. The van der Waals surface area contributed by atoms with E-state index in [-0.39, 0.29) is 6.10 Å². The molecule has 0 aromatic carbocycles. The molecule has 4 rings (SSSR count). The van der Waals surface area contributed by atoms with E-state index < -0.39 is 0 Å². The minimum absolute atomic E-state index is 0.0488. The van der Waals surface area contributed by atoms with Gasteiger partial charge in [-0.05, 0) is 58.8 Å². The van der Waals surface area contributed by atoms with E-state index in [2.05, 4.69) is 40.9 Å². The second kappa shape index (κ2) is 9.27. The lowest BCUT2D eigenvalue weighted by Gasteiger charge is -2.34. The highest BCUT2D eigenvalue weighted by Crippen LogP contribution is 2.33. The molecule has 2 aromatic heterocycles. The number of anilines is 1. The summed E-state index contributed by atoms with van der Waals surface area (Å²) >= 11 is 0. The van der Waals surface area contributed by atoms with E-state index in [9.17, 15) is 0 Å². The normalized spacial score (nSPS) is 19.9. The molecule has 2 aliphatic rings. The van der Waals surface area contributed by atoms with Crippen LogP contribution >= 0.6 is 0 Å². The number of hydrogen-bond acceptors (Lipinski definition) is 7. The molecule has 1 fully saturated rings. The number of piperazine rings is 1. The van der Waals surface area contributed by atoms with E-state index in [0.29, 0.717) is 12.1 Å². The van der Waals surface area contributed by atoms with E-state index in [1.54, 1.807) is 0 Å². The number of nitrogens with zero attached hydrogens (tertiary/aromatic N) is 6. The average Bonchev–Trinajstić information content (AvgIpc) is 2.73. The summed E-state index contributed by atoms with van der Waals surface area (Å²) in [6.07, 6.45) is 5.42. The van der Waals surface area contributed by atoms with E-state index >= 15 is 0 Å². The SMILES string of the molecule is CC(C)Oc1nc(CN(C)C2CCCc3cccnc32)cc(N2CCN(C)CC2)n1. The van der Waals surface area contributed by atoms with Gasteiger partial charge < -0.3 is 14.5 Å². The summed E-state index contributed by atoms with van der Waals surface area (Å²) in [6.45, 7) is 8.82. The molecule has 0 radical (unpaired) electrons. The quantitative estimate of drug-likeness (QED) is 0.726. The second-order valence-electron chi connectivity index (χ2n) is 8.83. The predicted molar refractivity (Wildman–Crippen MR) is 119 cm³/mol. The Labute approximate surface area is 180 Å². The summed E-state index contributed by atoms with van der Waals surface area (Å²) in [5.74, 6) is 0.972. The molecule has 1 saturated heterocycles. The fourth-order valence-electron chi connectivity index (χ4n) is 4.38. The number of rotatable bonds is 6. The molecule has 0 amide bonds. The van der Waals surface area contributed by atoms with Crippen LogP contribution in [0.25, 0.3) is 0 Å². The minimum atomic E-state index is 0.0488. The van der Waals surface area contributed by atoms with Gasteiger partial charge in [0.2, 0.25) is 0 Å². The van der Waals surface area contributed by atoms with Crippen molar-refractivity contribution in [1.29, 1.82) is 0 Å². The van der Waals surface area contributed by atoms with Crippen molar-refractivity contribution in [3.8, 4) is 6.01 Å². The molecule has 30 heavy (non-hydrogen) atoms. The Hall–Kier alpha value is -2.25. The Kier molecular flexibility index (Phi) is 6.49. The maximum atomic E-state index is 5.90. The summed E-state index contributed by atoms with van der Waals surface area (Å²) in [5, 5.41) is 0. The Balaban J connectivity index is 1.56. The van der Waals surface area contributed by atoms with Gasteiger partial charge >= 0.3 is 6.01 Å². The first-order valence-corrected chi connectivity index (χ1v) is 11.1. The van der Waals surface area contributed by atoms with Gasteiger partial charge in [0.15, 0.2) is 0 Å². The van der Waals surface area contributed by atoms with E-state index in [4.69, 9.17) is 19.7 Å². The minimum Gasteiger partial charge on any atom is -0.461 e. The highest BCUT2D eigenvalue weighted by atomic mass is 16.5. The largest absolute Gasteiger partial charge is 0.461 e. The summed E-state index contributed by atoms with van der Waals surface area (Å²) in [4.78, 5) is 21.2. The average molecular weight is 411 g/mol. The van der Waals surface area contributed by atoms with Crippen molar-refractivity contribution >= 4 is 5.82 Å². The molecule has 1 aliphatic heterocycles. The molecule has 1 unspecified atom stereocenters. The van der Waals surface area contributed by atoms with Crippen LogP contribution in [0.2, 0.25) is 0 Å². The molecule has 2 aromatic rings. The molecule has 162 valence electrons. The third-order valence-corrected chi connectivity index (χ3v) is 6.02. The first-order chi connectivity index (χ1) is 14.5.